The molecule has 2 aliphatic carbocycles. The van der Waals surface area contributed by atoms with Crippen molar-refractivity contribution >= 4 is 23.0 Å². The first-order chi connectivity index (χ1) is 14.3. The average molecular weight is 426 g/mol. The van der Waals surface area contributed by atoms with Crippen molar-refractivity contribution in [2.24, 2.45) is 16.5 Å². The van der Waals surface area contributed by atoms with Gasteiger partial charge in [-0.25, -0.2) is 0 Å². The third-order valence-corrected chi connectivity index (χ3v) is 8.52. The van der Waals surface area contributed by atoms with E-state index in [0.29, 0.717) is 0 Å². The molecule has 0 aliphatic heterocycles. The molecular formula is C25H31NO3S. The van der Waals surface area contributed by atoms with Gasteiger partial charge in [0.05, 0.1) is 10.3 Å². The minimum Gasteiger partial charge on any atom is -0.481 e. The Labute approximate surface area is 183 Å². The van der Waals surface area contributed by atoms with E-state index >= 15 is 0 Å². The standard InChI is InChI=1S/C25H31NO3S/c1-5-16-14-17-9-10-21-24(2,11-7-12-25(21,3)23(27)28)19(17)15-18(16)22(26-29-4)20-8-6-13-30-20/h6,8,13-15,21H,5,7,9-12H2,1-4H3,(H,27,28)/t21-,24-,25-/m1/s1. The monoisotopic (exact) mass is 425 g/mol. The molecule has 2 aliphatic rings. The lowest BCUT2D eigenvalue weighted by atomic mass is 9.49. The number of thiophene rings is 1. The Hall–Kier alpha value is -2.14. The van der Waals surface area contributed by atoms with Crippen LogP contribution in [0.3, 0.4) is 0 Å². The van der Waals surface area contributed by atoms with Crippen molar-refractivity contribution in [2.75, 3.05) is 7.11 Å². The van der Waals surface area contributed by atoms with Crippen molar-refractivity contribution in [3.8, 4) is 0 Å². The smallest absolute Gasteiger partial charge is 0.309 e. The number of fused-ring (bicyclic) bond motifs is 3. The van der Waals surface area contributed by atoms with Crippen molar-refractivity contribution in [3.63, 3.8) is 0 Å². The van der Waals surface area contributed by atoms with Gasteiger partial charge in [0.2, 0.25) is 0 Å². The summed E-state index contributed by atoms with van der Waals surface area (Å²) in [6, 6.07) is 8.77. The maximum absolute atomic E-state index is 12.3. The van der Waals surface area contributed by atoms with Crippen molar-refractivity contribution in [1.82, 2.24) is 0 Å². The second-order valence-electron chi connectivity index (χ2n) is 9.20. The molecule has 160 valence electrons. The van der Waals surface area contributed by atoms with E-state index in [9.17, 15) is 9.90 Å². The molecule has 3 atom stereocenters. The Balaban J connectivity index is 1.90. The number of oxime groups is 1. The van der Waals surface area contributed by atoms with Crippen LogP contribution in [0.1, 0.15) is 73.6 Å². The van der Waals surface area contributed by atoms with Gasteiger partial charge in [0, 0.05) is 5.56 Å². The van der Waals surface area contributed by atoms with Gasteiger partial charge in [-0.3, -0.25) is 4.79 Å². The minimum atomic E-state index is -0.661. The van der Waals surface area contributed by atoms with Crippen LogP contribution in [0.2, 0.25) is 0 Å². The number of carbonyl (C=O) groups is 1. The third kappa shape index (κ3) is 3.18. The molecule has 0 spiro atoms. The lowest BCUT2D eigenvalue weighted by molar-refractivity contribution is -0.157. The molecule has 1 heterocycles. The molecule has 1 N–H and O–H groups in total. The van der Waals surface area contributed by atoms with Gasteiger partial charge in [-0.05, 0) is 84.6 Å². The van der Waals surface area contributed by atoms with Crippen LogP contribution < -0.4 is 0 Å². The first-order valence-electron chi connectivity index (χ1n) is 10.9. The van der Waals surface area contributed by atoms with E-state index < -0.39 is 11.4 Å². The van der Waals surface area contributed by atoms with E-state index in [1.165, 1.54) is 16.7 Å². The number of nitrogens with zero attached hydrogens (tertiary/aromatic N) is 1. The predicted molar refractivity (Wildman–Crippen MR) is 122 cm³/mol. The number of hydrogen-bond acceptors (Lipinski definition) is 4. The van der Waals surface area contributed by atoms with Gasteiger partial charge < -0.3 is 9.94 Å². The lowest BCUT2D eigenvalue weighted by Crippen LogP contribution is -2.52. The Kier molecular flexibility index (Phi) is 5.52. The van der Waals surface area contributed by atoms with Gasteiger partial charge >= 0.3 is 5.97 Å². The van der Waals surface area contributed by atoms with Crippen LogP contribution in [0.25, 0.3) is 0 Å². The van der Waals surface area contributed by atoms with Crippen LogP contribution in [-0.4, -0.2) is 23.9 Å². The molecule has 1 fully saturated rings. The molecule has 0 saturated heterocycles. The fraction of sp³-hybridized carbons (Fsp3) is 0.520. The number of carboxylic acids is 1. The first-order valence-corrected chi connectivity index (χ1v) is 11.8. The molecule has 0 unspecified atom stereocenters. The van der Waals surface area contributed by atoms with Crippen molar-refractivity contribution in [1.29, 1.82) is 0 Å². The number of rotatable bonds is 5. The van der Waals surface area contributed by atoms with E-state index in [0.717, 1.165) is 54.7 Å². The second-order valence-corrected chi connectivity index (χ2v) is 10.2. The van der Waals surface area contributed by atoms with Gasteiger partial charge in [-0.2, -0.15) is 0 Å². The maximum Gasteiger partial charge on any atom is 0.309 e. The highest BCUT2D eigenvalue weighted by Gasteiger charge is 2.55. The Morgan fingerprint density at radius 3 is 2.77 bits per heavy atom. The van der Waals surface area contributed by atoms with E-state index in [4.69, 9.17) is 4.84 Å². The van der Waals surface area contributed by atoms with E-state index in [2.05, 4.69) is 42.6 Å². The summed E-state index contributed by atoms with van der Waals surface area (Å²) in [6.45, 7) is 6.44. The largest absolute Gasteiger partial charge is 0.481 e. The zero-order valence-electron chi connectivity index (χ0n) is 18.3. The van der Waals surface area contributed by atoms with Crippen LogP contribution in [0, 0.1) is 11.3 Å². The molecule has 4 nitrogen and oxygen atoms in total. The Morgan fingerprint density at radius 2 is 2.13 bits per heavy atom. The number of carboxylic acid groups (broad SMARTS) is 1. The predicted octanol–water partition coefficient (Wildman–Crippen LogP) is 5.80. The average Bonchev–Trinajstić information content (AvgIpc) is 3.25. The number of aryl methyl sites for hydroxylation is 2. The molecule has 5 heteroatoms. The van der Waals surface area contributed by atoms with Crippen LogP contribution >= 0.6 is 11.3 Å². The van der Waals surface area contributed by atoms with Gasteiger partial charge in [0.25, 0.3) is 0 Å². The summed E-state index contributed by atoms with van der Waals surface area (Å²) < 4.78 is 0. The highest BCUT2D eigenvalue weighted by atomic mass is 32.1. The van der Waals surface area contributed by atoms with Crippen LogP contribution in [0.15, 0.2) is 34.8 Å². The molecule has 1 aromatic heterocycles. The van der Waals surface area contributed by atoms with Crippen molar-refractivity contribution < 1.29 is 14.7 Å². The first kappa shape index (κ1) is 21.1. The van der Waals surface area contributed by atoms with E-state index in [1.807, 2.05) is 13.0 Å². The van der Waals surface area contributed by atoms with Gasteiger partial charge in [0.15, 0.2) is 0 Å². The third-order valence-electron chi connectivity index (χ3n) is 7.64. The molecule has 1 aromatic carbocycles. The summed E-state index contributed by atoms with van der Waals surface area (Å²) in [4.78, 5) is 18.6. The molecule has 2 aromatic rings. The van der Waals surface area contributed by atoms with Gasteiger partial charge in [0.1, 0.15) is 12.8 Å². The van der Waals surface area contributed by atoms with Crippen LogP contribution in [0.5, 0.6) is 0 Å². The topological polar surface area (TPSA) is 58.9 Å². The zero-order valence-corrected chi connectivity index (χ0v) is 19.1. The van der Waals surface area contributed by atoms with Gasteiger partial charge in [-0.1, -0.05) is 37.6 Å². The van der Waals surface area contributed by atoms with E-state index in [-0.39, 0.29) is 11.3 Å². The second kappa shape index (κ2) is 7.84. The normalized spacial score (nSPS) is 28.5. The Morgan fingerprint density at radius 1 is 1.33 bits per heavy atom. The fourth-order valence-electron chi connectivity index (χ4n) is 6.07. The van der Waals surface area contributed by atoms with Crippen LogP contribution in [-0.2, 0) is 27.9 Å². The molecular weight excluding hydrogens is 394 g/mol. The molecule has 0 bridgehead atoms. The number of hydrogen-bond donors (Lipinski definition) is 1. The summed E-state index contributed by atoms with van der Waals surface area (Å²) in [5, 5.41) is 16.6. The highest BCUT2D eigenvalue weighted by molar-refractivity contribution is 7.12. The van der Waals surface area contributed by atoms with Crippen molar-refractivity contribution in [2.45, 2.75) is 64.7 Å². The lowest BCUT2D eigenvalue weighted by Gasteiger charge is -2.53. The Bertz CT molecular complexity index is 981. The SMILES string of the molecule is CCc1cc2c(cc1C(=NOC)c1cccs1)[C@@]1(C)CCC[C@@](C)(C(=O)O)[C@@H]1CC2. The molecule has 0 radical (unpaired) electrons. The van der Waals surface area contributed by atoms with E-state index in [1.54, 1.807) is 18.4 Å². The summed E-state index contributed by atoms with van der Waals surface area (Å²) in [5.41, 5.74) is 5.17. The van der Waals surface area contributed by atoms with Gasteiger partial charge in [-0.15, -0.1) is 11.3 Å². The fourth-order valence-corrected chi connectivity index (χ4v) is 6.79. The zero-order chi connectivity index (χ0) is 21.5. The molecule has 4 rings (SSSR count). The summed E-state index contributed by atoms with van der Waals surface area (Å²) in [6.07, 6.45) is 5.56. The highest BCUT2D eigenvalue weighted by Crippen LogP contribution is 2.57. The quantitative estimate of drug-likeness (QED) is 0.486. The summed E-state index contributed by atoms with van der Waals surface area (Å²) in [5.74, 6) is -0.499. The number of aliphatic carboxylic acids is 1. The molecule has 30 heavy (non-hydrogen) atoms. The summed E-state index contributed by atoms with van der Waals surface area (Å²) >= 11 is 1.66. The van der Waals surface area contributed by atoms with Crippen molar-refractivity contribution in [3.05, 3.63) is 56.8 Å². The number of benzene rings is 1. The maximum atomic E-state index is 12.3. The summed E-state index contributed by atoms with van der Waals surface area (Å²) in [7, 11) is 1.59. The van der Waals surface area contributed by atoms with Crippen LogP contribution in [0.4, 0.5) is 0 Å². The molecule has 0 amide bonds. The molecule has 1 saturated carbocycles. The minimum absolute atomic E-state index is 0.131.